The van der Waals surface area contributed by atoms with Crippen LogP contribution in [-0.4, -0.2) is 6.09 Å². The summed E-state index contributed by atoms with van der Waals surface area (Å²) in [6.45, 7) is 1.93. The zero-order chi connectivity index (χ0) is 13.1. The number of primary amides is 1. The maximum absolute atomic E-state index is 10.8. The summed E-state index contributed by atoms with van der Waals surface area (Å²) in [5.41, 5.74) is 7.69. The average Bonchev–Trinajstić information content (AvgIpc) is 2.33. The predicted octanol–water partition coefficient (Wildman–Crippen LogP) is 3.77. The first-order valence-electron chi connectivity index (χ1n) is 5.41. The molecule has 0 spiro atoms. The van der Waals surface area contributed by atoms with E-state index in [1.54, 1.807) is 12.1 Å². The van der Waals surface area contributed by atoms with Crippen molar-refractivity contribution in [3.8, 4) is 16.9 Å². The van der Waals surface area contributed by atoms with Crippen molar-refractivity contribution in [1.82, 2.24) is 0 Å². The van der Waals surface area contributed by atoms with Crippen molar-refractivity contribution in [2.24, 2.45) is 5.73 Å². The van der Waals surface area contributed by atoms with Gasteiger partial charge in [-0.1, -0.05) is 41.9 Å². The standard InChI is InChI=1S/C14H12ClNO2/c1-9-6-7-10(8-12(9)15)11-4-2-3-5-13(11)18-14(16)17/h2-8H,1H3,(H2,16,17). The zero-order valence-electron chi connectivity index (χ0n) is 9.81. The Balaban J connectivity index is 2.49. The second-order valence-corrected chi connectivity index (χ2v) is 4.29. The highest BCUT2D eigenvalue weighted by molar-refractivity contribution is 6.31. The Kier molecular flexibility index (Phi) is 3.53. The van der Waals surface area contributed by atoms with Crippen molar-refractivity contribution in [3.63, 3.8) is 0 Å². The van der Waals surface area contributed by atoms with Crippen LogP contribution in [0.15, 0.2) is 42.5 Å². The molecule has 0 fully saturated rings. The Hall–Kier alpha value is -2.00. The molecule has 0 aliphatic carbocycles. The molecule has 0 saturated carbocycles. The Labute approximate surface area is 110 Å². The molecule has 2 rings (SSSR count). The van der Waals surface area contributed by atoms with E-state index in [-0.39, 0.29) is 0 Å². The van der Waals surface area contributed by atoms with Gasteiger partial charge in [-0.05, 0) is 30.2 Å². The molecule has 2 aromatic rings. The maximum atomic E-state index is 10.8. The van der Waals surface area contributed by atoms with E-state index in [4.69, 9.17) is 22.1 Å². The lowest BCUT2D eigenvalue weighted by Gasteiger charge is -2.09. The van der Waals surface area contributed by atoms with E-state index in [9.17, 15) is 4.79 Å². The molecule has 0 aliphatic rings. The Morgan fingerprint density at radius 3 is 2.61 bits per heavy atom. The van der Waals surface area contributed by atoms with Crippen molar-refractivity contribution in [1.29, 1.82) is 0 Å². The van der Waals surface area contributed by atoms with Crippen LogP contribution in [0.4, 0.5) is 4.79 Å². The number of benzene rings is 2. The van der Waals surface area contributed by atoms with Gasteiger partial charge in [0.15, 0.2) is 0 Å². The minimum Gasteiger partial charge on any atom is -0.410 e. The van der Waals surface area contributed by atoms with Gasteiger partial charge in [-0.3, -0.25) is 0 Å². The van der Waals surface area contributed by atoms with E-state index in [0.29, 0.717) is 10.8 Å². The van der Waals surface area contributed by atoms with Gasteiger partial charge in [-0.25, -0.2) is 4.79 Å². The van der Waals surface area contributed by atoms with Crippen LogP contribution in [-0.2, 0) is 0 Å². The first-order chi connectivity index (χ1) is 8.58. The molecule has 0 atom stereocenters. The van der Waals surface area contributed by atoms with Crippen molar-refractivity contribution in [2.45, 2.75) is 6.92 Å². The minimum absolute atomic E-state index is 0.421. The number of hydrogen-bond acceptors (Lipinski definition) is 2. The molecule has 0 aliphatic heterocycles. The van der Waals surface area contributed by atoms with Crippen LogP contribution in [0.1, 0.15) is 5.56 Å². The number of hydrogen-bond donors (Lipinski definition) is 1. The van der Waals surface area contributed by atoms with Gasteiger partial charge in [-0.15, -0.1) is 0 Å². The number of ether oxygens (including phenoxy) is 1. The number of amides is 1. The van der Waals surface area contributed by atoms with E-state index in [2.05, 4.69) is 0 Å². The van der Waals surface area contributed by atoms with E-state index in [1.807, 2.05) is 37.3 Å². The van der Waals surface area contributed by atoms with Gasteiger partial charge in [-0.2, -0.15) is 0 Å². The first kappa shape index (κ1) is 12.5. The molecular formula is C14H12ClNO2. The molecule has 0 unspecified atom stereocenters. The smallest absolute Gasteiger partial charge is 0.409 e. The van der Waals surface area contributed by atoms with Crippen LogP contribution in [0.25, 0.3) is 11.1 Å². The van der Waals surface area contributed by atoms with E-state index in [0.717, 1.165) is 16.7 Å². The zero-order valence-corrected chi connectivity index (χ0v) is 10.6. The maximum Gasteiger partial charge on any atom is 0.409 e. The quantitative estimate of drug-likeness (QED) is 0.895. The monoisotopic (exact) mass is 261 g/mol. The molecule has 3 nitrogen and oxygen atoms in total. The number of rotatable bonds is 2. The summed E-state index contributed by atoms with van der Waals surface area (Å²) in [5, 5.41) is 0.668. The van der Waals surface area contributed by atoms with Crippen molar-refractivity contribution in [2.75, 3.05) is 0 Å². The summed E-state index contributed by atoms with van der Waals surface area (Å²) in [4.78, 5) is 10.8. The number of nitrogens with two attached hydrogens (primary N) is 1. The van der Waals surface area contributed by atoms with Gasteiger partial charge in [0.1, 0.15) is 5.75 Å². The second kappa shape index (κ2) is 5.10. The van der Waals surface area contributed by atoms with Crippen LogP contribution in [0.3, 0.4) is 0 Å². The third-order valence-electron chi connectivity index (χ3n) is 2.58. The van der Waals surface area contributed by atoms with Gasteiger partial charge >= 0.3 is 6.09 Å². The van der Waals surface area contributed by atoms with Gasteiger partial charge in [0.05, 0.1) is 0 Å². The Morgan fingerprint density at radius 1 is 1.22 bits per heavy atom. The average molecular weight is 262 g/mol. The Morgan fingerprint density at radius 2 is 1.94 bits per heavy atom. The molecule has 1 amide bonds. The largest absolute Gasteiger partial charge is 0.410 e. The Bertz CT molecular complexity index is 596. The van der Waals surface area contributed by atoms with Crippen molar-refractivity contribution >= 4 is 17.7 Å². The fraction of sp³-hybridized carbons (Fsp3) is 0.0714. The second-order valence-electron chi connectivity index (χ2n) is 3.88. The SMILES string of the molecule is Cc1ccc(-c2ccccc2OC(N)=O)cc1Cl. The van der Waals surface area contributed by atoms with Gasteiger partial charge in [0, 0.05) is 10.6 Å². The summed E-state index contributed by atoms with van der Waals surface area (Å²) in [6.07, 6.45) is -0.833. The van der Waals surface area contributed by atoms with Crippen molar-refractivity contribution in [3.05, 3.63) is 53.1 Å². The van der Waals surface area contributed by atoms with Crippen LogP contribution < -0.4 is 10.5 Å². The predicted molar refractivity (Wildman–Crippen MR) is 71.8 cm³/mol. The molecule has 0 aromatic heterocycles. The highest BCUT2D eigenvalue weighted by atomic mass is 35.5. The van der Waals surface area contributed by atoms with Gasteiger partial charge in [0.25, 0.3) is 0 Å². The highest BCUT2D eigenvalue weighted by Crippen LogP contribution is 2.32. The molecule has 2 N–H and O–H groups in total. The van der Waals surface area contributed by atoms with Crippen LogP contribution in [0, 0.1) is 6.92 Å². The fourth-order valence-corrected chi connectivity index (χ4v) is 1.84. The number of carbonyl (C=O) groups is 1. The van der Waals surface area contributed by atoms with E-state index < -0.39 is 6.09 Å². The summed E-state index contributed by atoms with van der Waals surface area (Å²) < 4.78 is 4.97. The summed E-state index contributed by atoms with van der Waals surface area (Å²) in [6, 6.07) is 12.8. The lowest BCUT2D eigenvalue weighted by molar-refractivity contribution is 0.211. The normalized spacial score (nSPS) is 10.1. The number of para-hydroxylation sites is 1. The fourth-order valence-electron chi connectivity index (χ4n) is 1.66. The number of aryl methyl sites for hydroxylation is 1. The molecule has 18 heavy (non-hydrogen) atoms. The molecule has 2 aromatic carbocycles. The van der Waals surface area contributed by atoms with Gasteiger partial charge < -0.3 is 10.5 Å². The molecule has 0 radical (unpaired) electrons. The topological polar surface area (TPSA) is 52.3 Å². The van der Waals surface area contributed by atoms with Gasteiger partial charge in [0.2, 0.25) is 0 Å². The lowest BCUT2D eigenvalue weighted by Crippen LogP contribution is -2.16. The summed E-state index contributed by atoms with van der Waals surface area (Å²) >= 11 is 6.09. The number of halogens is 1. The molecule has 0 heterocycles. The molecule has 0 bridgehead atoms. The molecule has 92 valence electrons. The van der Waals surface area contributed by atoms with Crippen LogP contribution in [0.5, 0.6) is 5.75 Å². The van der Waals surface area contributed by atoms with Crippen LogP contribution in [0.2, 0.25) is 5.02 Å². The molecular weight excluding hydrogens is 250 g/mol. The molecule has 4 heteroatoms. The van der Waals surface area contributed by atoms with Crippen molar-refractivity contribution < 1.29 is 9.53 Å². The summed E-state index contributed by atoms with van der Waals surface area (Å²) in [7, 11) is 0. The van der Waals surface area contributed by atoms with E-state index >= 15 is 0 Å². The summed E-state index contributed by atoms with van der Waals surface area (Å²) in [5.74, 6) is 0.421. The third kappa shape index (κ3) is 2.63. The first-order valence-corrected chi connectivity index (χ1v) is 5.78. The lowest BCUT2D eigenvalue weighted by atomic mass is 10.0. The number of carbonyl (C=O) groups excluding carboxylic acids is 1. The third-order valence-corrected chi connectivity index (χ3v) is 2.99. The van der Waals surface area contributed by atoms with E-state index in [1.165, 1.54) is 0 Å². The van der Waals surface area contributed by atoms with Crippen LogP contribution >= 0.6 is 11.6 Å². The minimum atomic E-state index is -0.833. The molecule has 0 saturated heterocycles. The highest BCUT2D eigenvalue weighted by Gasteiger charge is 2.09.